The number of aliphatic hydroxyl groups excluding tert-OH is 1. The molecule has 0 amide bonds. The summed E-state index contributed by atoms with van der Waals surface area (Å²) in [7, 11) is 0. The number of rotatable bonds is 4. The summed E-state index contributed by atoms with van der Waals surface area (Å²) in [6.07, 6.45) is -0.0779. The van der Waals surface area contributed by atoms with Crippen LogP contribution < -0.4 is 0 Å². The highest BCUT2D eigenvalue weighted by molar-refractivity contribution is 9.10. The predicted molar refractivity (Wildman–Crippen MR) is 64.7 cm³/mol. The maximum atomic E-state index is 13.0. The summed E-state index contributed by atoms with van der Waals surface area (Å²) in [6, 6.07) is 4.56. The molecule has 1 rings (SSSR count). The molecular weight excluding hydrogens is 275 g/mol. The normalized spacial score (nSPS) is 16.9. The number of hydrogen-bond donors (Lipinski definition) is 2. The van der Waals surface area contributed by atoms with Crippen molar-refractivity contribution >= 4 is 15.9 Å². The molecule has 2 atom stereocenters. The maximum absolute atomic E-state index is 13.0. The van der Waals surface area contributed by atoms with Gasteiger partial charge in [0.05, 0.1) is 16.2 Å². The zero-order valence-electron chi connectivity index (χ0n) is 9.37. The van der Waals surface area contributed by atoms with Crippen LogP contribution in [0.25, 0.3) is 0 Å². The fourth-order valence-electron chi connectivity index (χ4n) is 1.35. The Hall–Kier alpha value is -0.450. The molecule has 16 heavy (non-hydrogen) atoms. The van der Waals surface area contributed by atoms with Gasteiger partial charge in [-0.1, -0.05) is 13.0 Å². The Labute approximate surface area is 103 Å². The highest BCUT2D eigenvalue weighted by Gasteiger charge is 2.28. The molecule has 0 heterocycles. The molecule has 0 spiro atoms. The van der Waals surface area contributed by atoms with Gasteiger partial charge in [-0.15, -0.1) is 0 Å². The molecule has 0 aromatic heterocycles. The number of hydrogen-bond acceptors (Lipinski definition) is 2. The van der Waals surface area contributed by atoms with Crippen LogP contribution in [0.15, 0.2) is 22.7 Å². The van der Waals surface area contributed by atoms with Crippen molar-refractivity contribution in [2.24, 2.45) is 0 Å². The van der Waals surface area contributed by atoms with Crippen molar-refractivity contribution in [1.29, 1.82) is 0 Å². The third-order valence-electron chi connectivity index (χ3n) is 2.85. The Morgan fingerprint density at radius 2 is 2.12 bits per heavy atom. The van der Waals surface area contributed by atoms with Gasteiger partial charge in [-0.3, -0.25) is 0 Å². The monoisotopic (exact) mass is 290 g/mol. The van der Waals surface area contributed by atoms with Crippen LogP contribution in [0.5, 0.6) is 0 Å². The van der Waals surface area contributed by atoms with Crippen molar-refractivity contribution in [3.63, 3.8) is 0 Å². The van der Waals surface area contributed by atoms with Crippen LogP contribution in [-0.2, 0) is 6.42 Å². The molecule has 2 unspecified atom stereocenters. The SMILES string of the molecule is CCC(C)(O)C(O)Cc1ccc(F)c(Br)c1. The van der Waals surface area contributed by atoms with Crippen LogP contribution >= 0.6 is 15.9 Å². The first-order chi connectivity index (χ1) is 7.36. The van der Waals surface area contributed by atoms with E-state index in [9.17, 15) is 14.6 Å². The first kappa shape index (κ1) is 13.6. The summed E-state index contributed by atoms with van der Waals surface area (Å²) < 4.78 is 13.3. The van der Waals surface area contributed by atoms with E-state index < -0.39 is 11.7 Å². The minimum Gasteiger partial charge on any atom is -0.390 e. The second kappa shape index (κ2) is 5.25. The molecule has 0 saturated heterocycles. The van der Waals surface area contributed by atoms with Gasteiger partial charge in [-0.05, 0) is 47.0 Å². The van der Waals surface area contributed by atoms with Crippen LogP contribution in [0.4, 0.5) is 4.39 Å². The van der Waals surface area contributed by atoms with Crippen molar-refractivity contribution in [3.05, 3.63) is 34.1 Å². The van der Waals surface area contributed by atoms with Crippen LogP contribution in [0.3, 0.4) is 0 Å². The molecular formula is C12H16BrFO2. The molecule has 1 aromatic rings. The van der Waals surface area contributed by atoms with Gasteiger partial charge in [0.2, 0.25) is 0 Å². The van der Waals surface area contributed by atoms with Gasteiger partial charge in [0.25, 0.3) is 0 Å². The quantitative estimate of drug-likeness (QED) is 0.895. The number of halogens is 2. The summed E-state index contributed by atoms with van der Waals surface area (Å²) in [5.41, 5.74) is -0.324. The Morgan fingerprint density at radius 1 is 1.50 bits per heavy atom. The van der Waals surface area contributed by atoms with Gasteiger partial charge in [-0.2, -0.15) is 0 Å². The van der Waals surface area contributed by atoms with Crippen molar-refractivity contribution < 1.29 is 14.6 Å². The van der Waals surface area contributed by atoms with E-state index in [-0.39, 0.29) is 5.82 Å². The van der Waals surface area contributed by atoms with E-state index in [0.29, 0.717) is 17.3 Å². The van der Waals surface area contributed by atoms with E-state index in [1.165, 1.54) is 6.07 Å². The average Bonchev–Trinajstić information content (AvgIpc) is 2.23. The molecule has 0 bridgehead atoms. The average molecular weight is 291 g/mol. The van der Waals surface area contributed by atoms with Crippen LogP contribution in [0.2, 0.25) is 0 Å². The lowest BCUT2D eigenvalue weighted by Crippen LogP contribution is -2.39. The zero-order chi connectivity index (χ0) is 12.3. The lowest BCUT2D eigenvalue weighted by Gasteiger charge is -2.27. The van der Waals surface area contributed by atoms with Crippen LogP contribution in [-0.4, -0.2) is 21.9 Å². The number of benzene rings is 1. The molecule has 0 saturated carbocycles. The number of aliphatic hydroxyl groups is 2. The van der Waals surface area contributed by atoms with Crippen LogP contribution in [0, 0.1) is 5.82 Å². The zero-order valence-corrected chi connectivity index (χ0v) is 11.0. The van der Waals surface area contributed by atoms with Crippen LogP contribution in [0.1, 0.15) is 25.8 Å². The Morgan fingerprint density at radius 3 is 2.62 bits per heavy atom. The molecule has 0 fully saturated rings. The van der Waals surface area contributed by atoms with E-state index in [4.69, 9.17) is 0 Å². The van der Waals surface area contributed by atoms with Crippen molar-refractivity contribution in [1.82, 2.24) is 0 Å². The molecule has 1 aromatic carbocycles. The second-order valence-electron chi connectivity index (χ2n) is 4.18. The first-order valence-corrected chi connectivity index (χ1v) is 6.00. The van der Waals surface area contributed by atoms with E-state index in [0.717, 1.165) is 5.56 Å². The topological polar surface area (TPSA) is 40.5 Å². The summed E-state index contributed by atoms with van der Waals surface area (Å²) in [5.74, 6) is -0.333. The van der Waals surface area contributed by atoms with Crippen molar-refractivity contribution in [3.8, 4) is 0 Å². The fourth-order valence-corrected chi connectivity index (χ4v) is 1.77. The van der Waals surface area contributed by atoms with Gasteiger partial charge >= 0.3 is 0 Å². The van der Waals surface area contributed by atoms with E-state index in [1.54, 1.807) is 19.1 Å². The second-order valence-corrected chi connectivity index (χ2v) is 5.03. The fraction of sp³-hybridized carbons (Fsp3) is 0.500. The molecule has 2 nitrogen and oxygen atoms in total. The highest BCUT2D eigenvalue weighted by Crippen LogP contribution is 2.21. The summed E-state index contributed by atoms with van der Waals surface area (Å²) in [6.45, 7) is 3.40. The molecule has 0 aliphatic rings. The van der Waals surface area contributed by atoms with Gasteiger partial charge < -0.3 is 10.2 Å². The molecule has 0 aliphatic carbocycles. The van der Waals surface area contributed by atoms with Crippen molar-refractivity contribution in [2.45, 2.75) is 38.4 Å². The Balaban J connectivity index is 2.77. The molecule has 0 aliphatic heterocycles. The standard InChI is InChI=1S/C12H16BrFO2/c1-3-12(2,16)11(15)7-8-4-5-10(14)9(13)6-8/h4-6,11,15-16H,3,7H2,1-2H3. The minimum atomic E-state index is -1.11. The van der Waals surface area contributed by atoms with E-state index >= 15 is 0 Å². The lowest BCUT2D eigenvalue weighted by molar-refractivity contribution is -0.0629. The third kappa shape index (κ3) is 3.27. The van der Waals surface area contributed by atoms with E-state index in [2.05, 4.69) is 15.9 Å². The largest absolute Gasteiger partial charge is 0.390 e. The molecule has 4 heteroatoms. The molecule has 90 valence electrons. The summed E-state index contributed by atoms with van der Waals surface area (Å²) in [4.78, 5) is 0. The first-order valence-electron chi connectivity index (χ1n) is 5.21. The molecule has 2 N–H and O–H groups in total. The summed E-state index contributed by atoms with van der Waals surface area (Å²) >= 11 is 3.08. The maximum Gasteiger partial charge on any atom is 0.137 e. The smallest absolute Gasteiger partial charge is 0.137 e. The predicted octanol–water partition coefficient (Wildman–Crippen LogP) is 2.65. The minimum absolute atomic E-state index is 0.305. The Kier molecular flexibility index (Phi) is 4.47. The van der Waals surface area contributed by atoms with Gasteiger partial charge in [0.15, 0.2) is 0 Å². The molecule has 0 radical (unpaired) electrons. The van der Waals surface area contributed by atoms with Crippen molar-refractivity contribution in [2.75, 3.05) is 0 Å². The van der Waals surface area contributed by atoms with E-state index in [1.807, 2.05) is 6.92 Å². The van der Waals surface area contributed by atoms with Gasteiger partial charge in [-0.25, -0.2) is 4.39 Å². The highest BCUT2D eigenvalue weighted by atomic mass is 79.9. The van der Waals surface area contributed by atoms with Gasteiger partial charge in [0, 0.05) is 6.42 Å². The lowest BCUT2D eigenvalue weighted by atomic mass is 9.91. The summed E-state index contributed by atoms with van der Waals surface area (Å²) in [5, 5.41) is 19.7. The third-order valence-corrected chi connectivity index (χ3v) is 3.45. The van der Waals surface area contributed by atoms with Gasteiger partial charge in [0.1, 0.15) is 5.82 Å². The Bertz CT molecular complexity index is 366.